The number of hydrogen-bond acceptors (Lipinski definition) is 6. The van der Waals surface area contributed by atoms with E-state index < -0.39 is 6.10 Å². The van der Waals surface area contributed by atoms with Crippen LogP contribution in [0.15, 0.2) is 71.8 Å². The molecule has 29 heavy (non-hydrogen) atoms. The Hall–Kier alpha value is -3.65. The summed E-state index contributed by atoms with van der Waals surface area (Å²) in [5.74, 6) is 2.46. The van der Waals surface area contributed by atoms with Crippen LogP contribution in [0.25, 0.3) is 5.78 Å². The molecule has 0 unspecified atom stereocenters. The van der Waals surface area contributed by atoms with Gasteiger partial charge in [-0.1, -0.05) is 18.2 Å². The molecule has 1 N–H and O–H groups in total. The number of aliphatic hydroxyl groups excluding tert-OH is 1. The van der Waals surface area contributed by atoms with Crippen LogP contribution >= 0.6 is 0 Å². The first-order valence-corrected chi connectivity index (χ1v) is 9.14. The number of para-hydroxylation sites is 1. The number of aromatic nitrogens is 4. The van der Waals surface area contributed by atoms with Gasteiger partial charge in [-0.2, -0.15) is 14.6 Å². The monoisotopic (exact) mass is 392 g/mol. The van der Waals surface area contributed by atoms with Crippen LogP contribution in [-0.2, 0) is 6.54 Å². The van der Waals surface area contributed by atoms with Crippen molar-refractivity contribution in [1.29, 1.82) is 0 Å². The van der Waals surface area contributed by atoms with E-state index in [1.807, 2.05) is 30.3 Å². The molecule has 0 saturated heterocycles. The SMILES string of the molecule is Cc1cc(=O)n2ncnc2n1C[C@H](O)COc1ccc(Oc2ccccc2)cc1. The highest BCUT2D eigenvalue weighted by Crippen LogP contribution is 2.23. The maximum atomic E-state index is 11.9. The molecule has 0 saturated carbocycles. The molecule has 2 aromatic heterocycles. The van der Waals surface area contributed by atoms with Crippen molar-refractivity contribution >= 4 is 5.78 Å². The van der Waals surface area contributed by atoms with E-state index in [4.69, 9.17) is 9.47 Å². The molecule has 1 atom stereocenters. The van der Waals surface area contributed by atoms with Gasteiger partial charge in [-0.05, 0) is 43.3 Å². The molecule has 148 valence electrons. The zero-order chi connectivity index (χ0) is 20.2. The molecule has 0 fully saturated rings. The highest BCUT2D eigenvalue weighted by atomic mass is 16.5. The van der Waals surface area contributed by atoms with Gasteiger partial charge in [-0.3, -0.25) is 4.79 Å². The standard InChI is InChI=1S/C21H20N4O4/c1-15-11-20(27)25-21(22-14-23-25)24(15)12-16(26)13-28-17-7-9-19(10-8-17)29-18-5-3-2-4-6-18/h2-11,14,16,26H,12-13H2,1H3/t16-/m0/s1. The fourth-order valence-electron chi connectivity index (χ4n) is 2.96. The third-order valence-corrected chi connectivity index (χ3v) is 4.38. The zero-order valence-electron chi connectivity index (χ0n) is 15.8. The average Bonchev–Trinajstić information content (AvgIpc) is 3.22. The highest BCUT2D eigenvalue weighted by Gasteiger charge is 2.13. The lowest BCUT2D eigenvalue weighted by atomic mass is 10.3. The van der Waals surface area contributed by atoms with E-state index >= 15 is 0 Å². The normalized spacial score (nSPS) is 12.1. The van der Waals surface area contributed by atoms with Crippen molar-refractivity contribution < 1.29 is 14.6 Å². The maximum absolute atomic E-state index is 11.9. The Morgan fingerprint density at radius 1 is 1.03 bits per heavy atom. The van der Waals surface area contributed by atoms with E-state index in [-0.39, 0.29) is 18.7 Å². The van der Waals surface area contributed by atoms with Gasteiger partial charge in [0.25, 0.3) is 5.56 Å². The van der Waals surface area contributed by atoms with Gasteiger partial charge in [0.15, 0.2) is 0 Å². The van der Waals surface area contributed by atoms with Crippen LogP contribution in [-0.4, -0.2) is 37.0 Å². The summed E-state index contributed by atoms with van der Waals surface area (Å²) in [6, 6.07) is 18.1. The number of nitrogens with zero attached hydrogens (tertiary/aromatic N) is 4. The first-order valence-electron chi connectivity index (χ1n) is 9.14. The molecular weight excluding hydrogens is 372 g/mol. The molecule has 0 spiro atoms. The first-order chi connectivity index (χ1) is 14.1. The Balaban J connectivity index is 1.37. The Morgan fingerprint density at radius 2 is 1.72 bits per heavy atom. The molecule has 2 aromatic carbocycles. The third kappa shape index (κ3) is 4.27. The number of hydrogen-bond donors (Lipinski definition) is 1. The fraction of sp³-hybridized carbons (Fsp3) is 0.190. The van der Waals surface area contributed by atoms with Crippen molar-refractivity contribution in [2.45, 2.75) is 19.6 Å². The van der Waals surface area contributed by atoms with Crippen LogP contribution in [0.5, 0.6) is 17.2 Å². The number of aliphatic hydroxyl groups is 1. The number of ether oxygens (including phenoxy) is 2. The van der Waals surface area contributed by atoms with Gasteiger partial charge < -0.3 is 19.1 Å². The summed E-state index contributed by atoms with van der Waals surface area (Å²) in [4.78, 5) is 16.0. The second kappa shape index (κ2) is 8.15. The molecule has 8 heteroatoms. The van der Waals surface area contributed by atoms with E-state index in [1.54, 1.807) is 35.8 Å². The summed E-state index contributed by atoms with van der Waals surface area (Å²) in [5.41, 5.74) is 0.437. The smallest absolute Gasteiger partial charge is 0.275 e. The molecule has 0 aliphatic rings. The molecule has 4 rings (SSSR count). The molecule has 0 amide bonds. The maximum Gasteiger partial charge on any atom is 0.275 e. The molecule has 4 aromatic rings. The minimum atomic E-state index is -0.794. The predicted molar refractivity (Wildman–Crippen MR) is 106 cm³/mol. The van der Waals surface area contributed by atoms with Crippen molar-refractivity contribution in [3.05, 3.63) is 83.0 Å². The Kier molecular flexibility index (Phi) is 5.26. The van der Waals surface area contributed by atoms with Crippen LogP contribution in [0.2, 0.25) is 0 Å². The molecule has 2 heterocycles. The molecular formula is C21H20N4O4. The summed E-state index contributed by atoms with van der Waals surface area (Å²) < 4.78 is 14.4. The number of aryl methyl sites for hydroxylation is 1. The van der Waals surface area contributed by atoms with E-state index in [1.165, 1.54) is 16.9 Å². The quantitative estimate of drug-likeness (QED) is 0.519. The lowest BCUT2D eigenvalue weighted by Gasteiger charge is -2.17. The largest absolute Gasteiger partial charge is 0.491 e. The van der Waals surface area contributed by atoms with Crippen LogP contribution in [0, 0.1) is 6.92 Å². The number of benzene rings is 2. The van der Waals surface area contributed by atoms with E-state index in [9.17, 15) is 9.90 Å². The summed E-state index contributed by atoms with van der Waals surface area (Å²) in [5, 5.41) is 14.3. The fourth-order valence-corrected chi connectivity index (χ4v) is 2.96. The molecule has 0 aliphatic heterocycles. The van der Waals surface area contributed by atoms with Crippen molar-refractivity contribution in [2.24, 2.45) is 0 Å². The average molecular weight is 392 g/mol. The van der Waals surface area contributed by atoms with Crippen molar-refractivity contribution in [2.75, 3.05) is 6.61 Å². The topological polar surface area (TPSA) is 90.9 Å². The van der Waals surface area contributed by atoms with E-state index in [2.05, 4.69) is 10.1 Å². The van der Waals surface area contributed by atoms with Gasteiger partial charge in [-0.15, -0.1) is 0 Å². The number of fused-ring (bicyclic) bond motifs is 1. The highest BCUT2D eigenvalue weighted by molar-refractivity contribution is 5.35. The lowest BCUT2D eigenvalue weighted by Crippen LogP contribution is -2.28. The Morgan fingerprint density at radius 3 is 2.48 bits per heavy atom. The van der Waals surface area contributed by atoms with Crippen LogP contribution < -0.4 is 15.0 Å². The minimum absolute atomic E-state index is 0.0880. The second-order valence-corrected chi connectivity index (χ2v) is 6.56. The van der Waals surface area contributed by atoms with E-state index in [0.29, 0.717) is 23.0 Å². The molecule has 0 aliphatic carbocycles. The lowest BCUT2D eigenvalue weighted by molar-refractivity contribution is 0.0924. The van der Waals surface area contributed by atoms with Gasteiger partial charge in [0.2, 0.25) is 5.78 Å². The Bertz CT molecular complexity index is 1150. The van der Waals surface area contributed by atoms with Crippen LogP contribution in [0.3, 0.4) is 0 Å². The van der Waals surface area contributed by atoms with Gasteiger partial charge in [0.05, 0.1) is 6.54 Å². The first kappa shape index (κ1) is 18.7. The van der Waals surface area contributed by atoms with Crippen molar-refractivity contribution in [3.63, 3.8) is 0 Å². The van der Waals surface area contributed by atoms with E-state index in [0.717, 1.165) is 5.75 Å². The third-order valence-electron chi connectivity index (χ3n) is 4.38. The minimum Gasteiger partial charge on any atom is -0.491 e. The second-order valence-electron chi connectivity index (χ2n) is 6.56. The predicted octanol–water partition coefficient (Wildman–Crippen LogP) is 2.43. The van der Waals surface area contributed by atoms with Gasteiger partial charge >= 0.3 is 0 Å². The summed E-state index contributed by atoms with van der Waals surface area (Å²) in [6.07, 6.45) is 0.520. The Labute approximate surface area is 166 Å². The summed E-state index contributed by atoms with van der Waals surface area (Å²) >= 11 is 0. The molecule has 8 nitrogen and oxygen atoms in total. The van der Waals surface area contributed by atoms with Gasteiger partial charge in [0, 0.05) is 11.8 Å². The van der Waals surface area contributed by atoms with Crippen LogP contribution in [0.1, 0.15) is 5.69 Å². The van der Waals surface area contributed by atoms with Crippen molar-refractivity contribution in [1.82, 2.24) is 19.2 Å². The summed E-state index contributed by atoms with van der Waals surface area (Å²) in [7, 11) is 0. The zero-order valence-corrected chi connectivity index (χ0v) is 15.8. The van der Waals surface area contributed by atoms with Gasteiger partial charge in [0.1, 0.15) is 36.3 Å². The summed E-state index contributed by atoms with van der Waals surface area (Å²) in [6.45, 7) is 2.10. The van der Waals surface area contributed by atoms with Crippen molar-refractivity contribution in [3.8, 4) is 17.2 Å². The van der Waals surface area contributed by atoms with Crippen LogP contribution in [0.4, 0.5) is 0 Å². The number of rotatable bonds is 7. The molecule has 0 radical (unpaired) electrons. The molecule has 0 bridgehead atoms. The van der Waals surface area contributed by atoms with Gasteiger partial charge in [-0.25, -0.2) is 0 Å².